The Kier molecular flexibility index (Phi) is 12.1. The van der Waals surface area contributed by atoms with Crippen LogP contribution in [0.1, 0.15) is 40.5 Å². The minimum atomic E-state index is 1.19. The smallest absolute Gasteiger partial charge is 0.152 e. The third-order valence-corrected chi connectivity index (χ3v) is 1.58. The third-order valence-electron chi connectivity index (χ3n) is 1.58. The molecule has 0 aliphatic carbocycles. The zero-order valence-corrected chi connectivity index (χ0v) is 8.87. The minimum Gasteiger partial charge on any atom is -0.379 e. The highest BCUT2D eigenvalue weighted by atomic mass is 16.6. The predicted molar refractivity (Wildman–Crippen MR) is 55.7 cm³/mol. The first-order valence-electron chi connectivity index (χ1n) is 4.30. The van der Waals surface area contributed by atoms with Gasteiger partial charge in [-0.2, -0.15) is 0 Å². The largest absolute Gasteiger partial charge is 0.379 e. The van der Waals surface area contributed by atoms with Crippen molar-refractivity contribution in [2.45, 2.75) is 40.5 Å². The SMILES string of the molecule is CC=C(C)CCC=C(C)C.O=NO. The summed E-state index contributed by atoms with van der Waals surface area (Å²) in [6, 6.07) is 0. The van der Waals surface area contributed by atoms with Crippen molar-refractivity contribution >= 4 is 0 Å². The Bertz CT molecular complexity index is 179. The van der Waals surface area contributed by atoms with E-state index in [0.29, 0.717) is 0 Å². The number of hydrogen-bond acceptors (Lipinski definition) is 2. The summed E-state index contributed by atoms with van der Waals surface area (Å²) in [7, 11) is 0. The number of allylic oxidation sites excluding steroid dienone is 4. The molecule has 3 nitrogen and oxygen atoms in total. The second-order valence-corrected chi connectivity index (χ2v) is 3.04. The quantitative estimate of drug-likeness (QED) is 0.412. The Hall–Kier alpha value is -1.12. The Morgan fingerprint density at radius 1 is 1.38 bits per heavy atom. The molecule has 1 N–H and O–H groups in total. The first-order chi connectivity index (χ1) is 6.08. The third kappa shape index (κ3) is 18.1. The van der Waals surface area contributed by atoms with E-state index in [0.717, 1.165) is 0 Å². The van der Waals surface area contributed by atoms with Gasteiger partial charge in [0.2, 0.25) is 0 Å². The van der Waals surface area contributed by atoms with Crippen LogP contribution >= 0.6 is 0 Å². The Labute approximate surface area is 80.1 Å². The highest BCUT2D eigenvalue weighted by Gasteiger charge is 1.84. The van der Waals surface area contributed by atoms with Gasteiger partial charge in [-0.3, -0.25) is 0 Å². The molecule has 0 amide bonds. The zero-order chi connectivity index (χ0) is 10.7. The van der Waals surface area contributed by atoms with E-state index in [1.807, 2.05) is 0 Å². The van der Waals surface area contributed by atoms with E-state index in [1.54, 1.807) is 0 Å². The fraction of sp³-hybridized carbons (Fsp3) is 0.600. The van der Waals surface area contributed by atoms with E-state index in [4.69, 9.17) is 10.1 Å². The average molecular weight is 185 g/mol. The van der Waals surface area contributed by atoms with Crippen LogP contribution in [0.3, 0.4) is 0 Å². The summed E-state index contributed by atoms with van der Waals surface area (Å²) in [6.45, 7) is 8.56. The van der Waals surface area contributed by atoms with Gasteiger partial charge in [-0.1, -0.05) is 23.3 Å². The first-order valence-corrected chi connectivity index (χ1v) is 4.30. The highest BCUT2D eigenvalue weighted by Crippen LogP contribution is 2.05. The standard InChI is InChI=1S/C10H18.HNO2/c1-5-10(4)8-6-7-9(2)3;2-1-3/h5,7H,6,8H2,1-4H3;(H,2,3). The van der Waals surface area contributed by atoms with E-state index < -0.39 is 0 Å². The van der Waals surface area contributed by atoms with Crippen molar-refractivity contribution in [3.05, 3.63) is 28.2 Å². The number of nitrogens with zero attached hydrogens (tertiary/aromatic N) is 1. The second kappa shape index (κ2) is 10.9. The maximum atomic E-state index is 8.11. The Morgan fingerprint density at radius 2 is 1.85 bits per heavy atom. The molecule has 13 heavy (non-hydrogen) atoms. The van der Waals surface area contributed by atoms with E-state index >= 15 is 0 Å². The van der Waals surface area contributed by atoms with Crippen LogP contribution in [0.2, 0.25) is 0 Å². The van der Waals surface area contributed by atoms with Gasteiger partial charge in [0.1, 0.15) is 0 Å². The van der Waals surface area contributed by atoms with Crippen molar-refractivity contribution in [1.29, 1.82) is 0 Å². The molecular formula is C10H19NO2. The highest BCUT2D eigenvalue weighted by molar-refractivity contribution is 5.00. The van der Waals surface area contributed by atoms with Crippen LogP contribution in [0.25, 0.3) is 0 Å². The van der Waals surface area contributed by atoms with Gasteiger partial charge in [-0.15, -0.1) is 4.91 Å². The van der Waals surface area contributed by atoms with Crippen LogP contribution in [0.5, 0.6) is 0 Å². The molecule has 0 saturated heterocycles. The van der Waals surface area contributed by atoms with Gasteiger partial charge < -0.3 is 5.21 Å². The zero-order valence-electron chi connectivity index (χ0n) is 8.87. The lowest BCUT2D eigenvalue weighted by Gasteiger charge is -1.95. The summed E-state index contributed by atoms with van der Waals surface area (Å²) in [4.78, 5) is 8.11. The molecule has 76 valence electrons. The second-order valence-electron chi connectivity index (χ2n) is 3.04. The van der Waals surface area contributed by atoms with Crippen LogP contribution in [0.4, 0.5) is 0 Å². The molecule has 0 unspecified atom stereocenters. The molecule has 0 atom stereocenters. The number of hydrogen-bond donors (Lipinski definition) is 1. The molecule has 0 rings (SSSR count). The molecular weight excluding hydrogens is 166 g/mol. The number of rotatable bonds is 3. The first kappa shape index (κ1) is 14.4. The Morgan fingerprint density at radius 3 is 2.15 bits per heavy atom. The van der Waals surface area contributed by atoms with Crippen molar-refractivity contribution in [2.75, 3.05) is 0 Å². The van der Waals surface area contributed by atoms with Crippen molar-refractivity contribution in [1.82, 2.24) is 0 Å². The lowest BCUT2D eigenvalue weighted by atomic mass is 10.1. The van der Waals surface area contributed by atoms with Crippen LogP contribution in [-0.4, -0.2) is 5.21 Å². The summed E-state index contributed by atoms with van der Waals surface area (Å²) in [6.07, 6.45) is 6.87. The molecule has 0 saturated carbocycles. The van der Waals surface area contributed by atoms with Gasteiger partial charge in [0.25, 0.3) is 0 Å². The molecule has 0 aromatic rings. The summed E-state index contributed by atoms with van der Waals surface area (Å²) < 4.78 is 0. The molecule has 0 bridgehead atoms. The van der Waals surface area contributed by atoms with Crippen LogP contribution in [-0.2, 0) is 0 Å². The molecule has 0 fully saturated rings. The molecule has 0 aromatic heterocycles. The molecule has 0 aromatic carbocycles. The van der Waals surface area contributed by atoms with Gasteiger partial charge in [0.05, 0.1) is 0 Å². The van der Waals surface area contributed by atoms with Gasteiger partial charge in [0, 0.05) is 0 Å². The van der Waals surface area contributed by atoms with Crippen molar-refractivity contribution < 1.29 is 5.21 Å². The van der Waals surface area contributed by atoms with Gasteiger partial charge in [-0.25, -0.2) is 0 Å². The molecule has 0 radical (unpaired) electrons. The molecule has 0 aliphatic rings. The van der Waals surface area contributed by atoms with Crippen molar-refractivity contribution in [3.63, 3.8) is 0 Å². The fourth-order valence-corrected chi connectivity index (χ4v) is 0.733. The predicted octanol–water partition coefficient (Wildman–Crippen LogP) is 3.84. The fourth-order valence-electron chi connectivity index (χ4n) is 0.733. The maximum Gasteiger partial charge on any atom is 0.152 e. The minimum absolute atomic E-state index is 1.19. The van der Waals surface area contributed by atoms with E-state index in [-0.39, 0.29) is 0 Å². The van der Waals surface area contributed by atoms with E-state index in [2.05, 4.69) is 39.8 Å². The molecule has 3 heteroatoms. The van der Waals surface area contributed by atoms with Gasteiger partial charge in [0.15, 0.2) is 5.34 Å². The van der Waals surface area contributed by atoms with Crippen LogP contribution in [0, 0.1) is 4.91 Å². The van der Waals surface area contributed by atoms with Crippen LogP contribution in [0.15, 0.2) is 28.6 Å². The van der Waals surface area contributed by atoms with Crippen molar-refractivity contribution in [2.24, 2.45) is 5.34 Å². The molecule has 0 spiro atoms. The summed E-state index contributed by atoms with van der Waals surface area (Å²) >= 11 is 0. The van der Waals surface area contributed by atoms with Crippen molar-refractivity contribution in [3.8, 4) is 0 Å². The summed E-state index contributed by atoms with van der Waals surface area (Å²) in [5.41, 5.74) is 2.90. The lowest BCUT2D eigenvalue weighted by Crippen LogP contribution is -1.74. The van der Waals surface area contributed by atoms with Gasteiger partial charge in [-0.05, 0) is 40.5 Å². The maximum absolute atomic E-state index is 8.11. The Balaban J connectivity index is 0. The molecule has 0 heterocycles. The topological polar surface area (TPSA) is 49.7 Å². The average Bonchev–Trinajstić information content (AvgIpc) is 2.05. The summed E-state index contributed by atoms with van der Waals surface area (Å²) in [5.74, 6) is 0. The van der Waals surface area contributed by atoms with E-state index in [9.17, 15) is 0 Å². The normalized spacial score (nSPS) is 9.69. The van der Waals surface area contributed by atoms with Gasteiger partial charge >= 0.3 is 0 Å². The molecule has 0 aliphatic heterocycles. The lowest BCUT2D eigenvalue weighted by molar-refractivity contribution is 0.312. The summed E-state index contributed by atoms with van der Waals surface area (Å²) in [5, 5.41) is 7.89. The van der Waals surface area contributed by atoms with E-state index in [1.165, 1.54) is 29.3 Å². The van der Waals surface area contributed by atoms with Crippen LogP contribution < -0.4 is 0 Å². The monoisotopic (exact) mass is 185 g/mol.